The summed E-state index contributed by atoms with van der Waals surface area (Å²) in [5.74, 6) is 0.726. The van der Waals surface area contributed by atoms with Gasteiger partial charge in [-0.15, -0.1) is 0 Å². The van der Waals surface area contributed by atoms with Crippen molar-refractivity contribution in [1.29, 1.82) is 0 Å². The molecule has 2 unspecified atom stereocenters. The second kappa shape index (κ2) is 3.53. The molecule has 3 fully saturated rings. The number of aromatic nitrogens is 1. The summed E-state index contributed by atoms with van der Waals surface area (Å²) >= 11 is 0. The second-order valence-electron chi connectivity index (χ2n) is 5.18. The number of hydrogen-bond donors (Lipinski definition) is 1. The van der Waals surface area contributed by atoms with Crippen LogP contribution in [0.4, 0.5) is 0 Å². The molecule has 4 nitrogen and oxygen atoms in total. The Kier molecular flexibility index (Phi) is 1.99. The second-order valence-corrected chi connectivity index (χ2v) is 5.18. The zero-order chi connectivity index (χ0) is 11.2. The van der Waals surface area contributed by atoms with Gasteiger partial charge in [-0.25, -0.2) is 0 Å². The van der Waals surface area contributed by atoms with Gasteiger partial charge in [0.1, 0.15) is 0 Å². The van der Waals surface area contributed by atoms with Crippen molar-refractivity contribution in [3.63, 3.8) is 0 Å². The van der Waals surface area contributed by atoms with Crippen LogP contribution >= 0.6 is 0 Å². The summed E-state index contributed by atoms with van der Waals surface area (Å²) in [7, 11) is 0. The van der Waals surface area contributed by atoms with Gasteiger partial charge in [0.05, 0.1) is 17.8 Å². The zero-order valence-corrected chi connectivity index (χ0v) is 9.71. The van der Waals surface area contributed by atoms with Crippen LogP contribution in [0.15, 0.2) is 29.6 Å². The molecule has 2 atom stereocenters. The molecule has 4 heteroatoms. The highest BCUT2D eigenvalue weighted by atomic mass is 15.4. The fraction of sp³-hybridized carbons (Fsp3) is 0.538. The molecule has 5 heterocycles. The summed E-state index contributed by atoms with van der Waals surface area (Å²) in [6.07, 6.45) is 6.32. The first-order valence-corrected chi connectivity index (χ1v) is 6.40. The van der Waals surface area contributed by atoms with E-state index in [1.807, 2.05) is 12.4 Å². The van der Waals surface area contributed by atoms with Gasteiger partial charge in [0.2, 0.25) is 0 Å². The first-order valence-electron chi connectivity index (χ1n) is 6.40. The smallest absolute Gasteiger partial charge is 0.0900 e. The van der Waals surface area contributed by atoms with Gasteiger partial charge in [0.15, 0.2) is 0 Å². The van der Waals surface area contributed by atoms with Crippen molar-refractivity contribution in [3.8, 4) is 0 Å². The number of rotatable bonds is 1. The third-order valence-electron chi connectivity index (χ3n) is 4.36. The molecular weight excluding hydrogens is 212 g/mol. The Labute approximate surface area is 101 Å². The monoisotopic (exact) mass is 228 g/mol. The largest absolute Gasteiger partial charge is 0.301 e. The molecule has 1 aromatic rings. The minimum atomic E-state index is 0.330. The summed E-state index contributed by atoms with van der Waals surface area (Å²) in [5, 5.41) is 4.60. The Morgan fingerprint density at radius 2 is 1.94 bits per heavy atom. The standard InChI is InChI=1S/C13H16N4/c1-5-14-6-2-9(1)11-13-12(16-15-11)10-3-7-17(13)8-4-10/h1-2,5-6,10-11,13,15H,3-4,7-8H2. The van der Waals surface area contributed by atoms with Crippen molar-refractivity contribution in [1.82, 2.24) is 15.3 Å². The average Bonchev–Trinajstić information content (AvgIpc) is 2.88. The summed E-state index contributed by atoms with van der Waals surface area (Å²) in [6.45, 7) is 2.47. The van der Waals surface area contributed by atoms with E-state index in [0.29, 0.717) is 12.1 Å². The highest BCUT2D eigenvalue weighted by molar-refractivity contribution is 5.95. The summed E-state index contributed by atoms with van der Waals surface area (Å²) in [6, 6.07) is 5.01. The molecular formula is C13H16N4. The van der Waals surface area contributed by atoms with Crippen LogP contribution in [-0.4, -0.2) is 34.7 Å². The number of pyridine rings is 1. The topological polar surface area (TPSA) is 40.5 Å². The van der Waals surface area contributed by atoms with Crippen LogP contribution in [0.3, 0.4) is 0 Å². The van der Waals surface area contributed by atoms with Gasteiger partial charge >= 0.3 is 0 Å². The van der Waals surface area contributed by atoms with Crippen LogP contribution in [0, 0.1) is 5.92 Å². The van der Waals surface area contributed by atoms with Crippen LogP contribution < -0.4 is 5.43 Å². The van der Waals surface area contributed by atoms with Crippen molar-refractivity contribution in [3.05, 3.63) is 30.1 Å². The molecule has 0 aliphatic carbocycles. The molecule has 2 bridgehead atoms. The zero-order valence-electron chi connectivity index (χ0n) is 9.71. The molecule has 1 N–H and O–H groups in total. The molecule has 0 saturated carbocycles. The maximum absolute atomic E-state index is 4.60. The van der Waals surface area contributed by atoms with E-state index in [2.05, 4.69) is 32.5 Å². The molecule has 0 radical (unpaired) electrons. The van der Waals surface area contributed by atoms with Crippen molar-refractivity contribution >= 4 is 5.71 Å². The minimum Gasteiger partial charge on any atom is -0.301 e. The summed E-state index contributed by atoms with van der Waals surface area (Å²) < 4.78 is 0. The number of nitrogens with one attached hydrogen (secondary N) is 1. The number of fused-ring (bicyclic) bond motifs is 2. The highest BCUT2D eigenvalue weighted by Crippen LogP contribution is 2.38. The summed E-state index contributed by atoms with van der Waals surface area (Å²) in [5.41, 5.74) is 6.03. The van der Waals surface area contributed by atoms with Gasteiger partial charge in [0, 0.05) is 18.3 Å². The van der Waals surface area contributed by atoms with Gasteiger partial charge in [-0.1, -0.05) is 0 Å². The molecule has 3 saturated heterocycles. The predicted octanol–water partition coefficient (Wildman–Crippen LogP) is 1.18. The quantitative estimate of drug-likeness (QED) is 0.784. The van der Waals surface area contributed by atoms with E-state index >= 15 is 0 Å². The fourth-order valence-corrected chi connectivity index (χ4v) is 3.48. The summed E-state index contributed by atoms with van der Waals surface area (Å²) in [4.78, 5) is 6.68. The van der Waals surface area contributed by atoms with Gasteiger partial charge in [-0.05, 0) is 43.6 Å². The molecule has 5 rings (SSSR count). The number of piperidine rings is 3. The van der Waals surface area contributed by atoms with E-state index in [4.69, 9.17) is 0 Å². The molecule has 17 heavy (non-hydrogen) atoms. The Bertz CT molecular complexity index is 448. The third-order valence-corrected chi connectivity index (χ3v) is 4.36. The minimum absolute atomic E-state index is 0.330. The lowest BCUT2D eigenvalue weighted by Crippen LogP contribution is -2.56. The maximum Gasteiger partial charge on any atom is 0.0900 e. The Morgan fingerprint density at radius 3 is 2.71 bits per heavy atom. The van der Waals surface area contributed by atoms with Crippen LogP contribution in [0.5, 0.6) is 0 Å². The third kappa shape index (κ3) is 1.33. The molecule has 88 valence electrons. The number of hydrazone groups is 1. The molecule has 4 aliphatic rings. The molecule has 4 aliphatic heterocycles. The lowest BCUT2D eigenvalue weighted by atomic mass is 9.78. The first-order chi connectivity index (χ1) is 8.43. The SMILES string of the molecule is c1cc(C2NN=C3C4CCN(CC4)C32)ccn1. The van der Waals surface area contributed by atoms with E-state index in [-0.39, 0.29) is 0 Å². The molecule has 1 aromatic heterocycles. The van der Waals surface area contributed by atoms with Crippen LogP contribution in [0.25, 0.3) is 0 Å². The Balaban J connectivity index is 1.69. The van der Waals surface area contributed by atoms with Crippen LogP contribution in [-0.2, 0) is 0 Å². The Hall–Kier alpha value is -1.42. The van der Waals surface area contributed by atoms with E-state index in [0.717, 1.165) is 5.92 Å². The fourth-order valence-electron chi connectivity index (χ4n) is 3.48. The normalized spacial score (nSPS) is 38.5. The van der Waals surface area contributed by atoms with E-state index in [9.17, 15) is 0 Å². The van der Waals surface area contributed by atoms with Crippen molar-refractivity contribution < 1.29 is 0 Å². The van der Waals surface area contributed by atoms with E-state index < -0.39 is 0 Å². The van der Waals surface area contributed by atoms with Gasteiger partial charge < -0.3 is 5.43 Å². The molecule has 0 aromatic carbocycles. The van der Waals surface area contributed by atoms with E-state index in [1.165, 1.54) is 37.2 Å². The number of nitrogens with zero attached hydrogens (tertiary/aromatic N) is 3. The molecule has 0 spiro atoms. The van der Waals surface area contributed by atoms with Crippen molar-refractivity contribution in [2.75, 3.05) is 13.1 Å². The lowest BCUT2D eigenvalue weighted by Gasteiger charge is -2.45. The maximum atomic E-state index is 4.60. The lowest BCUT2D eigenvalue weighted by molar-refractivity contribution is 0.133. The van der Waals surface area contributed by atoms with Gasteiger partial charge in [0.25, 0.3) is 0 Å². The first kappa shape index (κ1) is 9.59. The Morgan fingerprint density at radius 1 is 1.18 bits per heavy atom. The number of hydrogen-bond acceptors (Lipinski definition) is 4. The predicted molar refractivity (Wildman–Crippen MR) is 65.6 cm³/mol. The average molecular weight is 228 g/mol. The van der Waals surface area contributed by atoms with Gasteiger partial charge in [-0.2, -0.15) is 5.10 Å². The van der Waals surface area contributed by atoms with Gasteiger partial charge in [-0.3, -0.25) is 9.88 Å². The highest BCUT2D eigenvalue weighted by Gasteiger charge is 2.46. The van der Waals surface area contributed by atoms with Crippen LogP contribution in [0.1, 0.15) is 24.4 Å². The van der Waals surface area contributed by atoms with Crippen molar-refractivity contribution in [2.24, 2.45) is 11.0 Å². The van der Waals surface area contributed by atoms with Crippen LogP contribution in [0.2, 0.25) is 0 Å². The molecule has 0 amide bonds. The van der Waals surface area contributed by atoms with E-state index in [1.54, 1.807) is 0 Å². The van der Waals surface area contributed by atoms with Crippen molar-refractivity contribution in [2.45, 2.75) is 24.9 Å².